The van der Waals surface area contributed by atoms with E-state index < -0.39 is 0 Å². The molecule has 1 N–H and O–H groups in total. The first-order valence-corrected chi connectivity index (χ1v) is 10.3. The Bertz CT molecular complexity index is 841. The van der Waals surface area contributed by atoms with Gasteiger partial charge in [0.15, 0.2) is 11.7 Å². The molecule has 0 bridgehead atoms. The minimum Gasteiger partial charge on any atom is -0.459 e. The highest BCUT2D eigenvalue weighted by molar-refractivity contribution is 14.0. The molecule has 1 aromatic heterocycles. The number of nitrogens with one attached hydrogen (secondary N) is 1. The molecule has 0 spiro atoms. The summed E-state index contributed by atoms with van der Waals surface area (Å²) in [4.78, 5) is 21.5. The molecular formula is C23H33IN4O2. The average molecular weight is 524 g/mol. The number of amides is 1. The number of guanidine groups is 1. The minimum absolute atomic E-state index is 0. The van der Waals surface area contributed by atoms with Gasteiger partial charge in [-0.2, -0.15) is 0 Å². The van der Waals surface area contributed by atoms with Gasteiger partial charge in [0.2, 0.25) is 0 Å². The largest absolute Gasteiger partial charge is 0.459 e. The van der Waals surface area contributed by atoms with E-state index in [2.05, 4.69) is 62.2 Å². The van der Waals surface area contributed by atoms with Crippen LogP contribution >= 0.6 is 24.0 Å². The summed E-state index contributed by atoms with van der Waals surface area (Å²) in [5, 5.41) is 3.41. The molecule has 0 radical (unpaired) electrons. The summed E-state index contributed by atoms with van der Waals surface area (Å²) in [6.45, 7) is 13.0. The van der Waals surface area contributed by atoms with Gasteiger partial charge in [-0.3, -0.25) is 9.79 Å². The van der Waals surface area contributed by atoms with E-state index >= 15 is 0 Å². The zero-order valence-electron chi connectivity index (χ0n) is 18.4. The molecular weight excluding hydrogens is 491 g/mol. The summed E-state index contributed by atoms with van der Waals surface area (Å²) in [6.07, 6.45) is 1.54. The van der Waals surface area contributed by atoms with Crippen LogP contribution in [0, 0.1) is 6.92 Å². The number of benzene rings is 1. The number of furan rings is 1. The van der Waals surface area contributed by atoms with Gasteiger partial charge in [-0.25, -0.2) is 0 Å². The maximum absolute atomic E-state index is 12.5. The van der Waals surface area contributed by atoms with E-state index in [1.807, 2.05) is 4.90 Å². The number of rotatable bonds is 5. The fraction of sp³-hybridized carbons (Fsp3) is 0.478. The lowest BCUT2D eigenvalue weighted by molar-refractivity contribution is 0.0657. The van der Waals surface area contributed by atoms with Gasteiger partial charge in [0, 0.05) is 38.1 Å². The second-order valence-electron chi connectivity index (χ2n) is 8.18. The van der Waals surface area contributed by atoms with Crippen molar-refractivity contribution in [2.24, 2.45) is 4.99 Å². The smallest absolute Gasteiger partial charge is 0.289 e. The van der Waals surface area contributed by atoms with E-state index in [0.29, 0.717) is 25.4 Å². The van der Waals surface area contributed by atoms with Crippen molar-refractivity contribution in [3.8, 4) is 0 Å². The Kier molecular flexibility index (Phi) is 8.76. The van der Waals surface area contributed by atoms with Gasteiger partial charge in [-0.15, -0.1) is 24.0 Å². The van der Waals surface area contributed by atoms with Gasteiger partial charge in [-0.05, 0) is 31.5 Å². The predicted molar refractivity (Wildman–Crippen MR) is 132 cm³/mol. The number of carbonyl (C=O) groups is 1. The Morgan fingerprint density at radius 2 is 1.83 bits per heavy atom. The molecule has 1 amide bonds. The lowest BCUT2D eigenvalue weighted by Gasteiger charge is -2.36. The zero-order valence-corrected chi connectivity index (χ0v) is 20.7. The van der Waals surface area contributed by atoms with Crippen molar-refractivity contribution in [2.75, 3.05) is 39.3 Å². The maximum atomic E-state index is 12.5. The van der Waals surface area contributed by atoms with Crippen LogP contribution in [0.25, 0.3) is 0 Å². The van der Waals surface area contributed by atoms with Crippen LogP contribution in [0.15, 0.2) is 52.1 Å². The van der Waals surface area contributed by atoms with Gasteiger partial charge in [0.05, 0.1) is 12.8 Å². The first-order valence-electron chi connectivity index (χ1n) is 10.3. The van der Waals surface area contributed by atoms with Crippen LogP contribution in [0.5, 0.6) is 0 Å². The molecule has 1 saturated heterocycles. The van der Waals surface area contributed by atoms with Crippen LogP contribution in [-0.2, 0) is 5.41 Å². The third-order valence-electron chi connectivity index (χ3n) is 5.36. The molecule has 1 aromatic carbocycles. The number of hydrogen-bond donors (Lipinski definition) is 1. The highest BCUT2D eigenvalue weighted by atomic mass is 127. The van der Waals surface area contributed by atoms with E-state index in [1.54, 1.807) is 12.1 Å². The number of nitrogens with zero attached hydrogens (tertiary/aromatic N) is 3. The van der Waals surface area contributed by atoms with Crippen molar-refractivity contribution in [3.63, 3.8) is 0 Å². The van der Waals surface area contributed by atoms with Crippen LogP contribution in [0.1, 0.15) is 42.5 Å². The number of piperazine rings is 1. The number of aryl methyl sites for hydroxylation is 1. The summed E-state index contributed by atoms with van der Waals surface area (Å²) in [5.74, 6) is 1.27. The standard InChI is InChI=1S/C23H32N4O2.HI/c1-5-24-22(25-17-23(3,4)19-9-6-8-18(2)16-19)27-13-11-26(12-14-27)21(28)20-10-7-15-29-20;/h6-10,15-16H,5,11-14,17H2,1-4H3,(H,24,25);1H. The first-order chi connectivity index (χ1) is 13.9. The Labute approximate surface area is 196 Å². The lowest BCUT2D eigenvalue weighted by atomic mass is 9.84. The van der Waals surface area contributed by atoms with Gasteiger partial charge in [0.1, 0.15) is 0 Å². The number of carbonyl (C=O) groups excluding carboxylic acids is 1. The Morgan fingerprint density at radius 3 is 2.43 bits per heavy atom. The SMILES string of the molecule is CCNC(=NCC(C)(C)c1cccc(C)c1)N1CCN(C(=O)c2ccco2)CC1.I. The van der Waals surface area contributed by atoms with E-state index in [1.165, 1.54) is 17.4 Å². The van der Waals surface area contributed by atoms with Crippen LogP contribution in [0.4, 0.5) is 0 Å². The second-order valence-corrected chi connectivity index (χ2v) is 8.18. The van der Waals surface area contributed by atoms with Crippen molar-refractivity contribution in [1.29, 1.82) is 0 Å². The average Bonchev–Trinajstić information content (AvgIpc) is 3.26. The van der Waals surface area contributed by atoms with E-state index in [4.69, 9.17) is 9.41 Å². The third kappa shape index (κ3) is 6.00. The highest BCUT2D eigenvalue weighted by Gasteiger charge is 2.26. The summed E-state index contributed by atoms with van der Waals surface area (Å²) >= 11 is 0. The molecule has 0 atom stereocenters. The second kappa shape index (κ2) is 10.8. The zero-order chi connectivity index (χ0) is 20.9. The molecule has 0 aliphatic carbocycles. The van der Waals surface area contributed by atoms with Crippen LogP contribution < -0.4 is 5.32 Å². The lowest BCUT2D eigenvalue weighted by Crippen LogP contribution is -2.54. The van der Waals surface area contributed by atoms with E-state index in [-0.39, 0.29) is 35.3 Å². The van der Waals surface area contributed by atoms with Crippen LogP contribution in [0.2, 0.25) is 0 Å². The van der Waals surface area contributed by atoms with Crippen molar-refractivity contribution in [1.82, 2.24) is 15.1 Å². The number of hydrogen-bond acceptors (Lipinski definition) is 3. The molecule has 3 rings (SSSR count). The topological polar surface area (TPSA) is 61.1 Å². The molecule has 7 heteroatoms. The van der Waals surface area contributed by atoms with Crippen LogP contribution in [0.3, 0.4) is 0 Å². The van der Waals surface area contributed by atoms with Crippen LogP contribution in [-0.4, -0.2) is 60.9 Å². The van der Waals surface area contributed by atoms with Gasteiger partial charge >= 0.3 is 0 Å². The van der Waals surface area contributed by atoms with Crippen molar-refractivity contribution in [3.05, 3.63) is 59.5 Å². The summed E-state index contributed by atoms with van der Waals surface area (Å²) in [6, 6.07) is 12.1. The van der Waals surface area contributed by atoms with Crippen molar-refractivity contribution >= 4 is 35.8 Å². The third-order valence-corrected chi connectivity index (χ3v) is 5.36. The molecule has 2 heterocycles. The molecule has 1 fully saturated rings. The number of aliphatic imine (C=N–C) groups is 1. The predicted octanol–water partition coefficient (Wildman–Crippen LogP) is 3.91. The van der Waals surface area contributed by atoms with Gasteiger partial charge in [-0.1, -0.05) is 43.7 Å². The summed E-state index contributed by atoms with van der Waals surface area (Å²) < 4.78 is 5.25. The molecule has 30 heavy (non-hydrogen) atoms. The molecule has 1 aliphatic rings. The molecule has 164 valence electrons. The maximum Gasteiger partial charge on any atom is 0.289 e. The fourth-order valence-corrected chi connectivity index (χ4v) is 3.53. The van der Waals surface area contributed by atoms with Crippen molar-refractivity contribution in [2.45, 2.75) is 33.1 Å². The highest BCUT2D eigenvalue weighted by Crippen LogP contribution is 2.24. The van der Waals surface area contributed by atoms with Crippen molar-refractivity contribution < 1.29 is 9.21 Å². The monoisotopic (exact) mass is 524 g/mol. The van der Waals surface area contributed by atoms with E-state index in [9.17, 15) is 4.79 Å². The molecule has 1 aliphatic heterocycles. The first kappa shape index (κ1) is 24.2. The Hall–Kier alpha value is -2.03. The Morgan fingerprint density at radius 1 is 1.13 bits per heavy atom. The summed E-state index contributed by atoms with van der Waals surface area (Å²) in [5.41, 5.74) is 2.51. The molecule has 6 nitrogen and oxygen atoms in total. The normalized spacial score (nSPS) is 15.0. The molecule has 0 saturated carbocycles. The van der Waals surface area contributed by atoms with E-state index in [0.717, 1.165) is 25.6 Å². The number of halogens is 1. The fourth-order valence-electron chi connectivity index (χ4n) is 3.53. The summed E-state index contributed by atoms with van der Waals surface area (Å²) in [7, 11) is 0. The van der Waals surface area contributed by atoms with Gasteiger partial charge in [0.25, 0.3) is 5.91 Å². The molecule has 0 unspecified atom stereocenters. The molecule has 2 aromatic rings. The van der Waals surface area contributed by atoms with Gasteiger partial charge < -0.3 is 19.5 Å². The Balaban J connectivity index is 0.00000320. The quantitative estimate of drug-likeness (QED) is 0.366. The minimum atomic E-state index is -0.0518.